The Morgan fingerprint density at radius 3 is 2.57 bits per heavy atom. The van der Waals surface area contributed by atoms with E-state index in [1.807, 2.05) is 19.1 Å². The van der Waals surface area contributed by atoms with Crippen molar-refractivity contribution in [2.45, 2.75) is 32.7 Å². The molecule has 1 rings (SSSR count). The number of nitrogens with zero attached hydrogens (tertiary/aromatic N) is 1. The van der Waals surface area contributed by atoms with Crippen LogP contribution >= 0.6 is 0 Å². The van der Waals surface area contributed by atoms with Gasteiger partial charge in [-0.25, -0.2) is 0 Å². The van der Waals surface area contributed by atoms with Crippen molar-refractivity contribution >= 4 is 5.69 Å². The first-order chi connectivity index (χ1) is 6.63. The lowest BCUT2D eigenvalue weighted by Crippen LogP contribution is -2.11. The predicted octanol–water partition coefficient (Wildman–Crippen LogP) is 3.13. The second kappa shape index (κ2) is 4.66. The van der Waals surface area contributed by atoms with E-state index in [0.29, 0.717) is 5.92 Å². The van der Waals surface area contributed by atoms with Crippen molar-refractivity contribution in [2.75, 3.05) is 5.32 Å². The summed E-state index contributed by atoms with van der Waals surface area (Å²) >= 11 is 0. The summed E-state index contributed by atoms with van der Waals surface area (Å²) in [6.45, 7) is 6.17. The van der Waals surface area contributed by atoms with Gasteiger partial charge in [-0.05, 0) is 30.5 Å². The highest BCUT2D eigenvalue weighted by molar-refractivity contribution is 5.48. The molecule has 0 heterocycles. The van der Waals surface area contributed by atoms with E-state index in [-0.39, 0.29) is 6.04 Å². The van der Waals surface area contributed by atoms with Gasteiger partial charge in [-0.2, -0.15) is 5.26 Å². The van der Waals surface area contributed by atoms with E-state index in [1.54, 1.807) is 0 Å². The lowest BCUT2D eigenvalue weighted by Gasteiger charge is -2.11. The highest BCUT2D eigenvalue weighted by Gasteiger charge is 2.02. The maximum atomic E-state index is 8.66. The minimum Gasteiger partial charge on any atom is -0.370 e. The fourth-order valence-electron chi connectivity index (χ4n) is 1.27. The molecule has 2 heteroatoms. The molecule has 0 saturated carbocycles. The van der Waals surface area contributed by atoms with Gasteiger partial charge in [-0.3, -0.25) is 0 Å². The standard InChI is InChI=1S/C12H16N2/c1-9(2)11-5-4-6-12(7-11)14-10(3)8-13/h4-7,9-10,14H,1-3H3. The molecule has 1 atom stereocenters. The van der Waals surface area contributed by atoms with E-state index in [1.165, 1.54) is 5.56 Å². The molecule has 0 radical (unpaired) electrons. The minimum atomic E-state index is -0.141. The number of hydrogen-bond acceptors (Lipinski definition) is 2. The molecule has 0 aliphatic rings. The van der Waals surface area contributed by atoms with Gasteiger partial charge < -0.3 is 5.32 Å². The Bertz CT molecular complexity index is 336. The molecule has 0 fully saturated rings. The van der Waals surface area contributed by atoms with E-state index >= 15 is 0 Å². The lowest BCUT2D eigenvalue weighted by molar-refractivity contribution is 0.866. The highest BCUT2D eigenvalue weighted by Crippen LogP contribution is 2.18. The van der Waals surface area contributed by atoms with E-state index in [2.05, 4.69) is 37.4 Å². The molecular formula is C12H16N2. The molecule has 2 nitrogen and oxygen atoms in total. The number of hydrogen-bond donors (Lipinski definition) is 1. The van der Waals surface area contributed by atoms with Gasteiger partial charge in [0.15, 0.2) is 0 Å². The molecular weight excluding hydrogens is 172 g/mol. The third-order valence-electron chi connectivity index (χ3n) is 2.13. The first kappa shape index (κ1) is 10.6. The zero-order valence-electron chi connectivity index (χ0n) is 8.91. The topological polar surface area (TPSA) is 35.8 Å². The third-order valence-corrected chi connectivity index (χ3v) is 2.13. The lowest BCUT2D eigenvalue weighted by atomic mass is 10.0. The van der Waals surface area contributed by atoms with Gasteiger partial charge in [0.05, 0.1) is 6.07 Å². The molecule has 1 aromatic carbocycles. The number of nitrogens with one attached hydrogen (secondary N) is 1. The Morgan fingerprint density at radius 1 is 1.29 bits per heavy atom. The number of benzene rings is 1. The van der Waals surface area contributed by atoms with Gasteiger partial charge in [0.1, 0.15) is 6.04 Å². The zero-order chi connectivity index (χ0) is 10.6. The van der Waals surface area contributed by atoms with Crippen LogP contribution in [-0.2, 0) is 0 Å². The van der Waals surface area contributed by atoms with E-state index in [0.717, 1.165) is 5.69 Å². The number of rotatable bonds is 3. The first-order valence-corrected chi connectivity index (χ1v) is 4.89. The maximum absolute atomic E-state index is 8.66. The molecule has 1 N–H and O–H groups in total. The average molecular weight is 188 g/mol. The average Bonchev–Trinajstić information content (AvgIpc) is 2.18. The fourth-order valence-corrected chi connectivity index (χ4v) is 1.27. The Morgan fingerprint density at radius 2 is 2.00 bits per heavy atom. The fraction of sp³-hybridized carbons (Fsp3) is 0.417. The van der Waals surface area contributed by atoms with Crippen LogP contribution in [0.3, 0.4) is 0 Å². The largest absolute Gasteiger partial charge is 0.370 e. The molecule has 1 unspecified atom stereocenters. The second-order valence-corrected chi connectivity index (χ2v) is 3.78. The number of nitriles is 1. The second-order valence-electron chi connectivity index (χ2n) is 3.78. The molecule has 74 valence electrons. The highest BCUT2D eigenvalue weighted by atomic mass is 14.9. The SMILES string of the molecule is CC(C#N)Nc1cccc(C(C)C)c1. The quantitative estimate of drug-likeness (QED) is 0.791. The van der Waals surface area contributed by atoms with Crippen LogP contribution in [0.15, 0.2) is 24.3 Å². The molecule has 0 aliphatic heterocycles. The summed E-state index contributed by atoms with van der Waals surface area (Å²) in [5.41, 5.74) is 2.31. The van der Waals surface area contributed by atoms with Gasteiger partial charge in [0.25, 0.3) is 0 Å². The Labute approximate surface area is 85.6 Å². The predicted molar refractivity (Wildman–Crippen MR) is 59.2 cm³/mol. The van der Waals surface area contributed by atoms with Crippen LogP contribution < -0.4 is 5.32 Å². The molecule has 14 heavy (non-hydrogen) atoms. The molecule has 0 bridgehead atoms. The summed E-state index contributed by atoms with van der Waals surface area (Å²) in [5.74, 6) is 0.522. The Kier molecular flexibility index (Phi) is 3.53. The van der Waals surface area contributed by atoms with Crippen LogP contribution in [0.1, 0.15) is 32.3 Å². The van der Waals surface area contributed by atoms with Crippen molar-refractivity contribution in [3.63, 3.8) is 0 Å². The monoisotopic (exact) mass is 188 g/mol. The van der Waals surface area contributed by atoms with Gasteiger partial charge >= 0.3 is 0 Å². The van der Waals surface area contributed by atoms with Crippen LogP contribution in [0.4, 0.5) is 5.69 Å². The van der Waals surface area contributed by atoms with Gasteiger partial charge in [0.2, 0.25) is 0 Å². The van der Waals surface area contributed by atoms with Crippen LogP contribution in [0, 0.1) is 11.3 Å². The van der Waals surface area contributed by atoms with Crippen molar-refractivity contribution < 1.29 is 0 Å². The molecule has 0 saturated heterocycles. The Balaban J connectivity index is 2.79. The van der Waals surface area contributed by atoms with Crippen LogP contribution in [0.2, 0.25) is 0 Å². The molecule has 1 aromatic rings. The van der Waals surface area contributed by atoms with Gasteiger partial charge in [-0.1, -0.05) is 26.0 Å². The summed E-state index contributed by atoms with van der Waals surface area (Å²) in [4.78, 5) is 0. The van der Waals surface area contributed by atoms with Gasteiger partial charge in [0, 0.05) is 5.69 Å². The zero-order valence-corrected chi connectivity index (χ0v) is 8.91. The van der Waals surface area contributed by atoms with E-state index in [9.17, 15) is 0 Å². The molecule has 0 aliphatic carbocycles. The number of anilines is 1. The summed E-state index contributed by atoms with van der Waals surface area (Å²) in [6.07, 6.45) is 0. The maximum Gasteiger partial charge on any atom is 0.111 e. The van der Waals surface area contributed by atoms with Crippen molar-refractivity contribution in [3.05, 3.63) is 29.8 Å². The summed E-state index contributed by atoms with van der Waals surface area (Å²) in [6, 6.07) is 10.2. The van der Waals surface area contributed by atoms with Crippen molar-refractivity contribution in [2.24, 2.45) is 0 Å². The molecule has 0 aromatic heterocycles. The smallest absolute Gasteiger partial charge is 0.111 e. The minimum absolute atomic E-state index is 0.141. The molecule has 0 amide bonds. The van der Waals surface area contributed by atoms with Crippen LogP contribution in [0.25, 0.3) is 0 Å². The van der Waals surface area contributed by atoms with Gasteiger partial charge in [-0.15, -0.1) is 0 Å². The summed E-state index contributed by atoms with van der Waals surface area (Å²) < 4.78 is 0. The van der Waals surface area contributed by atoms with Crippen molar-refractivity contribution in [3.8, 4) is 6.07 Å². The normalized spacial score (nSPS) is 12.2. The van der Waals surface area contributed by atoms with E-state index in [4.69, 9.17) is 5.26 Å². The first-order valence-electron chi connectivity index (χ1n) is 4.89. The third kappa shape index (κ3) is 2.77. The van der Waals surface area contributed by atoms with Crippen molar-refractivity contribution in [1.82, 2.24) is 0 Å². The molecule has 0 spiro atoms. The van der Waals surface area contributed by atoms with Crippen molar-refractivity contribution in [1.29, 1.82) is 5.26 Å². The van der Waals surface area contributed by atoms with E-state index < -0.39 is 0 Å². The summed E-state index contributed by atoms with van der Waals surface area (Å²) in [7, 11) is 0. The van der Waals surface area contributed by atoms with Crippen LogP contribution in [-0.4, -0.2) is 6.04 Å². The van der Waals surface area contributed by atoms with Crippen LogP contribution in [0.5, 0.6) is 0 Å². The Hall–Kier alpha value is -1.49. The summed E-state index contributed by atoms with van der Waals surface area (Å²) in [5, 5.41) is 11.8.